The maximum absolute atomic E-state index is 12.2. The van der Waals surface area contributed by atoms with Crippen molar-refractivity contribution in [2.24, 2.45) is 0 Å². The van der Waals surface area contributed by atoms with Gasteiger partial charge in [-0.15, -0.1) is 0 Å². The van der Waals surface area contributed by atoms with Crippen LogP contribution in [0.2, 0.25) is 0 Å². The molecule has 0 radical (unpaired) electrons. The summed E-state index contributed by atoms with van der Waals surface area (Å²) < 4.78 is 0. The lowest BCUT2D eigenvalue weighted by Gasteiger charge is -2.23. The molecular formula is C47H58N2O4. The lowest BCUT2D eigenvalue weighted by atomic mass is 9.82. The smallest absolute Gasteiger partial charge is 0.258 e. The number of rotatable bonds is 21. The average molecular weight is 715 g/mol. The molecule has 3 aromatic carbocycles. The Bertz CT molecular complexity index is 1670. The fourth-order valence-corrected chi connectivity index (χ4v) is 8.04. The van der Waals surface area contributed by atoms with Crippen LogP contribution in [-0.2, 0) is 38.4 Å². The first-order chi connectivity index (χ1) is 25.7. The van der Waals surface area contributed by atoms with Gasteiger partial charge >= 0.3 is 0 Å². The van der Waals surface area contributed by atoms with Gasteiger partial charge in [0.15, 0.2) is 0 Å². The quantitative estimate of drug-likeness (QED) is 0.0813. The van der Waals surface area contributed by atoms with Crippen molar-refractivity contribution in [1.82, 2.24) is 0 Å². The van der Waals surface area contributed by atoms with Crippen molar-refractivity contribution in [3.8, 4) is 0 Å². The van der Waals surface area contributed by atoms with Crippen LogP contribution in [0.15, 0.2) is 72.8 Å². The Labute approximate surface area is 317 Å². The van der Waals surface area contributed by atoms with Crippen LogP contribution in [0.5, 0.6) is 0 Å². The van der Waals surface area contributed by atoms with E-state index in [-0.39, 0.29) is 23.6 Å². The molecule has 6 nitrogen and oxygen atoms in total. The van der Waals surface area contributed by atoms with Crippen LogP contribution in [0.25, 0.3) is 0 Å². The highest BCUT2D eigenvalue weighted by atomic mass is 16.2. The maximum atomic E-state index is 12.2. The predicted molar refractivity (Wildman–Crippen MR) is 216 cm³/mol. The molecule has 280 valence electrons. The van der Waals surface area contributed by atoms with Gasteiger partial charge in [-0.05, 0) is 115 Å². The first kappa shape index (κ1) is 39.6. The number of nitrogens with zero attached hydrogens (tertiary/aromatic N) is 2. The third-order valence-electron chi connectivity index (χ3n) is 11.3. The number of hydrogen-bond acceptors (Lipinski definition) is 4. The van der Waals surface area contributed by atoms with Gasteiger partial charge in [-0.2, -0.15) is 0 Å². The first-order valence-corrected chi connectivity index (χ1v) is 20.1. The average Bonchev–Trinajstić information content (AvgIpc) is 3.68. The summed E-state index contributed by atoms with van der Waals surface area (Å²) in [5, 5.41) is 0. The molecule has 0 atom stereocenters. The molecule has 0 N–H and O–H groups in total. The number of anilines is 2. The zero-order valence-electron chi connectivity index (χ0n) is 32.5. The zero-order chi connectivity index (χ0) is 37.7. The maximum Gasteiger partial charge on any atom is 0.258 e. The van der Waals surface area contributed by atoms with Gasteiger partial charge in [0.1, 0.15) is 0 Å². The second kappa shape index (κ2) is 19.5. The van der Waals surface area contributed by atoms with Crippen molar-refractivity contribution in [1.29, 1.82) is 0 Å². The SMILES string of the molecule is CCCCCCCCCCCCCCCCc1c(C)c(Cc2ccc(N3C(=O)C=CC3=O)cc2)c(C)c(Cc2ccc(N3C(=O)C=CC3=O)cc2)c1C. The molecule has 3 aromatic rings. The van der Waals surface area contributed by atoms with E-state index in [1.54, 1.807) is 0 Å². The standard InChI is InChI=1S/C47H58N2O4/c1-5-6-7-8-9-10-11-12-13-14-15-16-17-18-19-41-34(2)42(32-37-20-24-39(25-21-37)48-44(50)28-29-45(48)51)36(4)43(35(41)3)33-38-22-26-40(27-23-38)49-46(52)30-31-47(49)53/h20-31H,5-19,32-33H2,1-4H3. The van der Waals surface area contributed by atoms with Crippen LogP contribution < -0.4 is 9.80 Å². The molecule has 2 heterocycles. The molecule has 53 heavy (non-hydrogen) atoms. The first-order valence-electron chi connectivity index (χ1n) is 20.1. The minimum absolute atomic E-state index is 0.311. The fraction of sp³-hybridized carbons (Fsp3) is 0.447. The predicted octanol–water partition coefficient (Wildman–Crippen LogP) is 10.7. The number of hydrogen-bond donors (Lipinski definition) is 0. The third kappa shape index (κ3) is 10.3. The van der Waals surface area contributed by atoms with Gasteiger partial charge in [0, 0.05) is 24.3 Å². The van der Waals surface area contributed by atoms with E-state index in [4.69, 9.17) is 0 Å². The number of unbranched alkanes of at least 4 members (excludes halogenated alkanes) is 13. The summed E-state index contributed by atoms with van der Waals surface area (Å²) in [7, 11) is 0. The highest BCUT2D eigenvalue weighted by Gasteiger charge is 2.26. The lowest BCUT2D eigenvalue weighted by molar-refractivity contribution is -0.121. The molecule has 0 unspecified atom stereocenters. The lowest BCUT2D eigenvalue weighted by Crippen LogP contribution is -2.29. The number of carbonyl (C=O) groups excluding carboxylic acids is 4. The largest absolute Gasteiger partial charge is 0.269 e. The van der Waals surface area contributed by atoms with Gasteiger partial charge < -0.3 is 0 Å². The Balaban J connectivity index is 1.25. The van der Waals surface area contributed by atoms with Crippen LogP contribution in [0.4, 0.5) is 11.4 Å². The Kier molecular flexibility index (Phi) is 14.6. The van der Waals surface area contributed by atoms with Gasteiger partial charge in [0.2, 0.25) is 0 Å². The molecule has 2 aliphatic rings. The summed E-state index contributed by atoms with van der Waals surface area (Å²) in [4.78, 5) is 51.4. The second-order valence-corrected chi connectivity index (χ2v) is 15.0. The summed E-state index contributed by atoms with van der Waals surface area (Å²) in [6, 6.07) is 15.5. The summed E-state index contributed by atoms with van der Waals surface area (Å²) >= 11 is 0. The molecule has 0 saturated heterocycles. The Morgan fingerprint density at radius 1 is 0.396 bits per heavy atom. The molecule has 2 aliphatic heterocycles. The third-order valence-corrected chi connectivity index (χ3v) is 11.3. The minimum atomic E-state index is -0.311. The summed E-state index contributed by atoms with van der Waals surface area (Å²) in [6.07, 6.45) is 26.6. The summed E-state index contributed by atoms with van der Waals surface area (Å²) in [6.45, 7) is 9.05. The van der Waals surface area contributed by atoms with E-state index in [9.17, 15) is 19.2 Å². The van der Waals surface area contributed by atoms with Gasteiger partial charge in [0.25, 0.3) is 23.6 Å². The van der Waals surface area contributed by atoms with Crippen LogP contribution in [0.1, 0.15) is 141 Å². The topological polar surface area (TPSA) is 74.8 Å². The molecule has 0 saturated carbocycles. The van der Waals surface area contributed by atoms with E-state index in [1.807, 2.05) is 48.5 Å². The van der Waals surface area contributed by atoms with Crippen molar-refractivity contribution in [2.75, 3.05) is 9.80 Å². The summed E-state index contributed by atoms with van der Waals surface area (Å²) in [5.41, 5.74) is 11.5. The number of benzene rings is 3. The van der Waals surface area contributed by atoms with Crippen molar-refractivity contribution in [3.05, 3.63) is 117 Å². The molecule has 0 spiro atoms. The van der Waals surface area contributed by atoms with Gasteiger partial charge in [-0.25, -0.2) is 9.80 Å². The molecule has 0 fully saturated rings. The molecule has 0 aromatic heterocycles. The van der Waals surface area contributed by atoms with Gasteiger partial charge in [-0.3, -0.25) is 19.2 Å². The number of carbonyl (C=O) groups is 4. The molecule has 0 bridgehead atoms. The van der Waals surface area contributed by atoms with Crippen molar-refractivity contribution >= 4 is 35.0 Å². The summed E-state index contributed by atoms with van der Waals surface area (Å²) in [5.74, 6) is -1.24. The van der Waals surface area contributed by atoms with Crippen LogP contribution in [0, 0.1) is 20.8 Å². The van der Waals surface area contributed by atoms with Crippen LogP contribution >= 0.6 is 0 Å². The normalized spacial score (nSPS) is 14.1. The molecule has 0 aliphatic carbocycles. The van der Waals surface area contributed by atoms with E-state index in [1.165, 1.54) is 157 Å². The van der Waals surface area contributed by atoms with E-state index < -0.39 is 0 Å². The Morgan fingerprint density at radius 3 is 1.04 bits per heavy atom. The monoisotopic (exact) mass is 714 g/mol. The zero-order valence-corrected chi connectivity index (χ0v) is 32.5. The Morgan fingerprint density at radius 2 is 0.698 bits per heavy atom. The van der Waals surface area contributed by atoms with E-state index >= 15 is 0 Å². The highest BCUT2D eigenvalue weighted by molar-refractivity contribution is 6.28. The van der Waals surface area contributed by atoms with Crippen molar-refractivity contribution < 1.29 is 19.2 Å². The second-order valence-electron chi connectivity index (χ2n) is 15.0. The number of amides is 4. The van der Waals surface area contributed by atoms with E-state index in [0.717, 1.165) is 30.4 Å². The van der Waals surface area contributed by atoms with Crippen LogP contribution in [-0.4, -0.2) is 23.6 Å². The van der Waals surface area contributed by atoms with Gasteiger partial charge in [-0.1, -0.05) is 115 Å². The van der Waals surface area contributed by atoms with Crippen molar-refractivity contribution in [3.63, 3.8) is 0 Å². The minimum Gasteiger partial charge on any atom is -0.269 e. The molecular weight excluding hydrogens is 657 g/mol. The fourth-order valence-electron chi connectivity index (χ4n) is 8.04. The van der Waals surface area contributed by atoms with E-state index in [2.05, 4.69) is 27.7 Å². The highest BCUT2D eigenvalue weighted by Crippen LogP contribution is 2.33. The molecule has 5 rings (SSSR count). The van der Waals surface area contributed by atoms with Crippen LogP contribution in [0.3, 0.4) is 0 Å². The van der Waals surface area contributed by atoms with Crippen molar-refractivity contribution in [2.45, 2.75) is 137 Å². The molecule has 6 heteroatoms. The Hall–Kier alpha value is -4.58. The van der Waals surface area contributed by atoms with Gasteiger partial charge in [0.05, 0.1) is 11.4 Å². The van der Waals surface area contributed by atoms with E-state index in [0.29, 0.717) is 11.4 Å². The molecule has 4 amide bonds. The number of imide groups is 2.